The number of rotatable bonds is 6. The molecule has 1 fully saturated rings. The lowest BCUT2D eigenvalue weighted by Gasteiger charge is -2.18. The Bertz CT molecular complexity index is 199. The number of ether oxygens (including phenoxy) is 3. The largest absolute Gasteiger partial charge is 0.510 e. The first-order chi connectivity index (χ1) is 7.11. The van der Waals surface area contributed by atoms with Crippen molar-refractivity contribution < 1.29 is 19.0 Å². The molecule has 1 atom stereocenters. The molecule has 1 aliphatic carbocycles. The van der Waals surface area contributed by atoms with Gasteiger partial charge >= 0.3 is 6.16 Å². The van der Waals surface area contributed by atoms with Crippen molar-refractivity contribution in [3.8, 4) is 0 Å². The van der Waals surface area contributed by atoms with Gasteiger partial charge in [-0.25, -0.2) is 4.79 Å². The molecule has 88 valence electrons. The van der Waals surface area contributed by atoms with Crippen LogP contribution in [0.3, 0.4) is 0 Å². The third-order valence-electron chi connectivity index (χ3n) is 2.12. The number of hydrogen-bond donors (Lipinski definition) is 0. The summed E-state index contributed by atoms with van der Waals surface area (Å²) in [5.74, 6) is 0.559. The minimum atomic E-state index is -0.616. The zero-order chi connectivity index (χ0) is 11.3. The molecule has 0 aromatic heterocycles. The normalized spacial score (nSPS) is 17.6. The summed E-state index contributed by atoms with van der Waals surface area (Å²) in [7, 11) is 0. The number of hydrogen-bond acceptors (Lipinski definition) is 4. The van der Waals surface area contributed by atoms with Gasteiger partial charge in [0.2, 0.25) is 6.29 Å². The van der Waals surface area contributed by atoms with Crippen LogP contribution < -0.4 is 0 Å². The van der Waals surface area contributed by atoms with Crippen molar-refractivity contribution in [3.63, 3.8) is 0 Å². The third kappa shape index (κ3) is 5.62. The summed E-state index contributed by atoms with van der Waals surface area (Å²) in [6.45, 7) is 6.20. The van der Waals surface area contributed by atoms with Crippen molar-refractivity contribution in [1.82, 2.24) is 0 Å². The first kappa shape index (κ1) is 12.3. The third-order valence-corrected chi connectivity index (χ3v) is 2.12. The van der Waals surface area contributed by atoms with Gasteiger partial charge in [-0.15, -0.1) is 0 Å². The van der Waals surface area contributed by atoms with E-state index in [1.165, 1.54) is 0 Å². The molecule has 4 nitrogen and oxygen atoms in total. The van der Waals surface area contributed by atoms with Gasteiger partial charge in [-0.3, -0.25) is 0 Å². The Labute approximate surface area is 90.9 Å². The van der Waals surface area contributed by atoms with E-state index in [-0.39, 0.29) is 6.10 Å². The Hall–Kier alpha value is -0.770. The summed E-state index contributed by atoms with van der Waals surface area (Å²) in [6, 6.07) is 0. The maximum Gasteiger partial charge on any atom is 0.510 e. The lowest BCUT2D eigenvalue weighted by atomic mass is 10.4. The van der Waals surface area contributed by atoms with Crippen LogP contribution in [0.4, 0.5) is 4.79 Å². The van der Waals surface area contributed by atoms with E-state index in [2.05, 4.69) is 0 Å². The highest BCUT2D eigenvalue weighted by Gasteiger charge is 2.24. The molecule has 0 aliphatic heterocycles. The first-order valence-corrected chi connectivity index (χ1v) is 5.60. The van der Waals surface area contributed by atoms with E-state index >= 15 is 0 Å². The van der Waals surface area contributed by atoms with E-state index in [0.717, 1.165) is 12.8 Å². The molecular weight excluding hydrogens is 196 g/mol. The predicted molar refractivity (Wildman–Crippen MR) is 55.5 cm³/mol. The SMILES string of the molecule is CCC(OC(=O)OCC1CC1)OC(C)C. The zero-order valence-electron chi connectivity index (χ0n) is 9.69. The van der Waals surface area contributed by atoms with Gasteiger partial charge < -0.3 is 14.2 Å². The van der Waals surface area contributed by atoms with Crippen molar-refractivity contribution in [3.05, 3.63) is 0 Å². The van der Waals surface area contributed by atoms with E-state index in [0.29, 0.717) is 18.9 Å². The number of carbonyl (C=O) groups is 1. The lowest BCUT2D eigenvalue weighted by molar-refractivity contribution is -0.143. The van der Waals surface area contributed by atoms with Crippen LogP contribution in [-0.4, -0.2) is 25.2 Å². The standard InChI is InChI=1S/C11H20O4/c1-4-10(14-8(2)3)15-11(12)13-7-9-5-6-9/h8-10H,4-7H2,1-3H3. The zero-order valence-corrected chi connectivity index (χ0v) is 9.69. The van der Waals surface area contributed by atoms with Gasteiger partial charge in [0.15, 0.2) is 0 Å². The second kappa shape index (κ2) is 5.95. The summed E-state index contributed by atoms with van der Waals surface area (Å²) in [6.07, 6.45) is 1.90. The van der Waals surface area contributed by atoms with Gasteiger partial charge in [-0.05, 0) is 32.6 Å². The quantitative estimate of drug-likeness (QED) is 0.506. The summed E-state index contributed by atoms with van der Waals surface area (Å²) in [5, 5.41) is 0. The molecule has 0 heterocycles. The molecule has 15 heavy (non-hydrogen) atoms. The van der Waals surface area contributed by atoms with Gasteiger partial charge in [0.25, 0.3) is 0 Å². The molecule has 0 aromatic carbocycles. The van der Waals surface area contributed by atoms with Crippen molar-refractivity contribution >= 4 is 6.16 Å². The minimum Gasteiger partial charge on any atom is -0.434 e. The highest BCUT2D eigenvalue weighted by Crippen LogP contribution is 2.28. The van der Waals surface area contributed by atoms with Crippen LogP contribution in [0.15, 0.2) is 0 Å². The molecule has 0 bridgehead atoms. The molecule has 1 rings (SSSR count). The Morgan fingerprint density at radius 1 is 1.40 bits per heavy atom. The van der Waals surface area contributed by atoms with Crippen LogP contribution in [-0.2, 0) is 14.2 Å². The second-order valence-electron chi connectivity index (χ2n) is 4.14. The van der Waals surface area contributed by atoms with Crippen LogP contribution >= 0.6 is 0 Å². The first-order valence-electron chi connectivity index (χ1n) is 5.60. The van der Waals surface area contributed by atoms with Crippen LogP contribution in [0, 0.1) is 5.92 Å². The Morgan fingerprint density at radius 3 is 2.53 bits per heavy atom. The molecule has 0 spiro atoms. The van der Waals surface area contributed by atoms with Crippen molar-refractivity contribution in [2.45, 2.75) is 52.4 Å². The van der Waals surface area contributed by atoms with Crippen LogP contribution in [0.25, 0.3) is 0 Å². The highest BCUT2D eigenvalue weighted by molar-refractivity contribution is 5.59. The highest BCUT2D eigenvalue weighted by atomic mass is 16.8. The Balaban J connectivity index is 2.14. The molecular formula is C11H20O4. The van der Waals surface area contributed by atoms with Gasteiger partial charge in [0.05, 0.1) is 12.7 Å². The fourth-order valence-corrected chi connectivity index (χ4v) is 1.12. The summed E-state index contributed by atoms with van der Waals surface area (Å²) in [4.78, 5) is 11.2. The summed E-state index contributed by atoms with van der Waals surface area (Å²) >= 11 is 0. The maximum atomic E-state index is 11.2. The van der Waals surface area contributed by atoms with Crippen molar-refractivity contribution in [2.24, 2.45) is 5.92 Å². The van der Waals surface area contributed by atoms with Crippen molar-refractivity contribution in [1.29, 1.82) is 0 Å². The van der Waals surface area contributed by atoms with Crippen LogP contribution in [0.2, 0.25) is 0 Å². The maximum absolute atomic E-state index is 11.2. The molecule has 1 saturated carbocycles. The van der Waals surface area contributed by atoms with Gasteiger partial charge in [-0.2, -0.15) is 0 Å². The molecule has 0 aromatic rings. The second-order valence-corrected chi connectivity index (χ2v) is 4.14. The molecule has 1 aliphatic rings. The van der Waals surface area contributed by atoms with Gasteiger partial charge in [-0.1, -0.05) is 6.92 Å². The van der Waals surface area contributed by atoms with Crippen LogP contribution in [0.5, 0.6) is 0 Å². The van der Waals surface area contributed by atoms with E-state index in [9.17, 15) is 4.79 Å². The molecule has 1 unspecified atom stereocenters. The molecule has 0 amide bonds. The van der Waals surface area contributed by atoms with E-state index in [1.807, 2.05) is 20.8 Å². The monoisotopic (exact) mass is 216 g/mol. The summed E-state index contributed by atoms with van der Waals surface area (Å²) < 4.78 is 15.3. The topological polar surface area (TPSA) is 44.8 Å². The Kier molecular flexibility index (Phi) is 4.88. The van der Waals surface area contributed by atoms with Gasteiger partial charge in [0.1, 0.15) is 0 Å². The van der Waals surface area contributed by atoms with E-state index in [4.69, 9.17) is 14.2 Å². The minimum absolute atomic E-state index is 0.0474. The fraction of sp³-hybridized carbons (Fsp3) is 0.909. The van der Waals surface area contributed by atoms with E-state index < -0.39 is 12.4 Å². The predicted octanol–water partition coefficient (Wildman–Crippen LogP) is 2.71. The number of carbonyl (C=O) groups excluding carboxylic acids is 1. The lowest BCUT2D eigenvalue weighted by Crippen LogP contribution is -2.24. The van der Waals surface area contributed by atoms with Crippen LogP contribution in [0.1, 0.15) is 40.0 Å². The van der Waals surface area contributed by atoms with Gasteiger partial charge in [0, 0.05) is 6.42 Å². The fourth-order valence-electron chi connectivity index (χ4n) is 1.12. The average Bonchev–Trinajstić information content (AvgIpc) is 2.96. The molecule has 0 saturated heterocycles. The molecule has 0 radical (unpaired) electrons. The average molecular weight is 216 g/mol. The molecule has 4 heteroatoms. The Morgan fingerprint density at radius 2 is 2.07 bits per heavy atom. The molecule has 0 N–H and O–H groups in total. The summed E-state index contributed by atoms with van der Waals surface area (Å²) in [5.41, 5.74) is 0. The van der Waals surface area contributed by atoms with Crippen molar-refractivity contribution in [2.75, 3.05) is 6.61 Å². The van der Waals surface area contributed by atoms with E-state index in [1.54, 1.807) is 0 Å². The smallest absolute Gasteiger partial charge is 0.434 e.